The molecule has 0 atom stereocenters. The summed E-state index contributed by atoms with van der Waals surface area (Å²) >= 11 is 0. The Morgan fingerprint density at radius 1 is 1.47 bits per heavy atom. The molecule has 1 N–H and O–H groups in total. The van der Waals surface area contributed by atoms with E-state index in [1.165, 1.54) is 6.08 Å². The minimum atomic E-state index is -0.913. The minimum absolute atomic E-state index is 0.400. The van der Waals surface area contributed by atoms with Crippen molar-refractivity contribution in [3.8, 4) is 0 Å². The van der Waals surface area contributed by atoms with E-state index in [4.69, 9.17) is 5.11 Å². The van der Waals surface area contributed by atoms with E-state index >= 15 is 0 Å². The van der Waals surface area contributed by atoms with Gasteiger partial charge in [-0.25, -0.2) is 4.79 Å². The Kier molecular flexibility index (Phi) is 3.35. The van der Waals surface area contributed by atoms with E-state index in [0.29, 0.717) is 6.04 Å². The first kappa shape index (κ1) is 11.6. The smallest absolute Gasteiger partial charge is 0.328 e. The Hall–Kier alpha value is -1.51. The molecule has 1 rings (SSSR count). The highest BCUT2D eigenvalue weighted by Gasteiger charge is 2.09. The van der Waals surface area contributed by atoms with Gasteiger partial charge in [0.2, 0.25) is 0 Å². The zero-order chi connectivity index (χ0) is 11.6. The second-order valence-electron chi connectivity index (χ2n) is 3.96. The maximum Gasteiger partial charge on any atom is 0.328 e. The SMILES string of the molecule is Cc1cc(/C=C/C(=O)O)c(C)n1C(C)C. The highest BCUT2D eigenvalue weighted by atomic mass is 16.4. The van der Waals surface area contributed by atoms with Crippen LogP contribution >= 0.6 is 0 Å². The lowest BCUT2D eigenvalue weighted by molar-refractivity contribution is -0.131. The van der Waals surface area contributed by atoms with Crippen LogP contribution in [0.2, 0.25) is 0 Å². The van der Waals surface area contributed by atoms with Crippen molar-refractivity contribution in [1.29, 1.82) is 0 Å². The molecule has 0 bridgehead atoms. The monoisotopic (exact) mass is 207 g/mol. The third kappa shape index (κ3) is 2.49. The van der Waals surface area contributed by atoms with Crippen LogP contribution in [0.15, 0.2) is 12.1 Å². The van der Waals surface area contributed by atoms with E-state index in [1.54, 1.807) is 6.08 Å². The maximum absolute atomic E-state index is 10.4. The molecule has 3 nitrogen and oxygen atoms in total. The Morgan fingerprint density at radius 3 is 2.47 bits per heavy atom. The first-order valence-electron chi connectivity index (χ1n) is 5.03. The van der Waals surface area contributed by atoms with Crippen molar-refractivity contribution in [2.45, 2.75) is 33.7 Å². The molecule has 1 heterocycles. The van der Waals surface area contributed by atoms with E-state index in [1.807, 2.05) is 19.9 Å². The fourth-order valence-corrected chi connectivity index (χ4v) is 1.93. The molecule has 1 aromatic heterocycles. The lowest BCUT2D eigenvalue weighted by Gasteiger charge is -2.13. The number of aryl methyl sites for hydroxylation is 1. The molecule has 0 saturated carbocycles. The molecule has 15 heavy (non-hydrogen) atoms. The van der Waals surface area contributed by atoms with Crippen LogP contribution < -0.4 is 0 Å². The number of carbonyl (C=O) groups is 1. The van der Waals surface area contributed by atoms with Crippen LogP contribution in [0.25, 0.3) is 6.08 Å². The molecule has 3 heteroatoms. The summed E-state index contributed by atoms with van der Waals surface area (Å²) in [5.41, 5.74) is 3.25. The number of aromatic nitrogens is 1. The van der Waals surface area contributed by atoms with Gasteiger partial charge in [0.15, 0.2) is 0 Å². The zero-order valence-electron chi connectivity index (χ0n) is 9.61. The van der Waals surface area contributed by atoms with E-state index < -0.39 is 5.97 Å². The van der Waals surface area contributed by atoms with Gasteiger partial charge in [-0.15, -0.1) is 0 Å². The van der Waals surface area contributed by atoms with Crippen LogP contribution in [0, 0.1) is 13.8 Å². The van der Waals surface area contributed by atoms with Crippen molar-refractivity contribution in [3.05, 3.63) is 29.1 Å². The number of hydrogen-bond acceptors (Lipinski definition) is 1. The summed E-state index contributed by atoms with van der Waals surface area (Å²) in [6.45, 7) is 8.27. The molecule has 0 spiro atoms. The molecular formula is C12H17NO2. The predicted molar refractivity (Wildman–Crippen MR) is 61.0 cm³/mol. The third-order valence-electron chi connectivity index (χ3n) is 2.45. The van der Waals surface area contributed by atoms with E-state index in [-0.39, 0.29) is 0 Å². The van der Waals surface area contributed by atoms with E-state index in [9.17, 15) is 4.79 Å². The van der Waals surface area contributed by atoms with Crippen molar-refractivity contribution >= 4 is 12.0 Å². The normalized spacial score (nSPS) is 11.5. The number of carboxylic acids is 1. The number of rotatable bonds is 3. The molecule has 0 saturated heterocycles. The standard InChI is InChI=1S/C12H17NO2/c1-8(2)13-9(3)7-11(10(13)4)5-6-12(14)15/h5-8H,1-4H3,(H,14,15)/b6-5+. The first-order valence-corrected chi connectivity index (χ1v) is 5.03. The minimum Gasteiger partial charge on any atom is -0.478 e. The maximum atomic E-state index is 10.4. The second-order valence-corrected chi connectivity index (χ2v) is 3.96. The highest BCUT2D eigenvalue weighted by Crippen LogP contribution is 2.20. The Labute approximate surface area is 90.0 Å². The van der Waals surface area contributed by atoms with Gasteiger partial charge in [0, 0.05) is 23.5 Å². The summed E-state index contributed by atoms with van der Waals surface area (Å²) < 4.78 is 2.20. The van der Waals surface area contributed by atoms with Crippen molar-refractivity contribution < 1.29 is 9.90 Å². The molecule has 0 unspecified atom stereocenters. The quantitative estimate of drug-likeness (QED) is 0.774. The van der Waals surface area contributed by atoms with Gasteiger partial charge in [-0.2, -0.15) is 0 Å². The molecule has 82 valence electrons. The number of aliphatic carboxylic acids is 1. The van der Waals surface area contributed by atoms with Crippen molar-refractivity contribution in [3.63, 3.8) is 0 Å². The molecule has 0 aromatic carbocycles. The molecule has 0 aliphatic heterocycles. The average Bonchev–Trinajstić information content (AvgIpc) is 2.37. The van der Waals surface area contributed by atoms with Crippen LogP contribution in [0.3, 0.4) is 0 Å². The molecular weight excluding hydrogens is 190 g/mol. The number of carboxylic acid groups (broad SMARTS) is 1. The summed E-state index contributed by atoms with van der Waals surface area (Å²) in [6, 6.07) is 2.41. The third-order valence-corrected chi connectivity index (χ3v) is 2.45. The fraction of sp³-hybridized carbons (Fsp3) is 0.417. The van der Waals surface area contributed by atoms with Crippen LogP contribution in [-0.2, 0) is 4.79 Å². The van der Waals surface area contributed by atoms with Crippen molar-refractivity contribution in [1.82, 2.24) is 4.57 Å². The molecule has 0 aliphatic rings. The van der Waals surface area contributed by atoms with Gasteiger partial charge in [0.05, 0.1) is 0 Å². The van der Waals surface area contributed by atoms with Crippen molar-refractivity contribution in [2.24, 2.45) is 0 Å². The lowest BCUT2D eigenvalue weighted by atomic mass is 10.2. The van der Waals surface area contributed by atoms with Crippen LogP contribution in [0.4, 0.5) is 0 Å². The van der Waals surface area contributed by atoms with E-state index in [0.717, 1.165) is 17.0 Å². The molecule has 1 aromatic rings. The fourth-order valence-electron chi connectivity index (χ4n) is 1.93. The van der Waals surface area contributed by atoms with Gasteiger partial charge in [-0.05, 0) is 45.4 Å². The largest absolute Gasteiger partial charge is 0.478 e. The summed E-state index contributed by atoms with van der Waals surface area (Å²) in [5.74, 6) is -0.913. The van der Waals surface area contributed by atoms with Gasteiger partial charge in [0.1, 0.15) is 0 Å². The molecule has 0 fully saturated rings. The second kappa shape index (κ2) is 4.34. The number of nitrogens with zero attached hydrogens (tertiary/aromatic N) is 1. The Balaban J connectivity index is 3.12. The van der Waals surface area contributed by atoms with Crippen LogP contribution in [0.5, 0.6) is 0 Å². The van der Waals surface area contributed by atoms with Crippen LogP contribution in [0.1, 0.15) is 36.8 Å². The van der Waals surface area contributed by atoms with Gasteiger partial charge < -0.3 is 9.67 Å². The van der Waals surface area contributed by atoms with Gasteiger partial charge >= 0.3 is 5.97 Å². The topological polar surface area (TPSA) is 42.2 Å². The van der Waals surface area contributed by atoms with Gasteiger partial charge in [-0.1, -0.05) is 0 Å². The molecule has 0 aliphatic carbocycles. The lowest BCUT2D eigenvalue weighted by Crippen LogP contribution is -2.04. The van der Waals surface area contributed by atoms with Crippen LogP contribution in [-0.4, -0.2) is 15.6 Å². The molecule has 0 radical (unpaired) electrons. The zero-order valence-corrected chi connectivity index (χ0v) is 9.61. The average molecular weight is 207 g/mol. The Morgan fingerprint density at radius 2 is 2.07 bits per heavy atom. The van der Waals surface area contributed by atoms with Gasteiger partial charge in [0.25, 0.3) is 0 Å². The molecule has 0 amide bonds. The van der Waals surface area contributed by atoms with Gasteiger partial charge in [-0.3, -0.25) is 0 Å². The summed E-state index contributed by atoms with van der Waals surface area (Å²) in [7, 11) is 0. The van der Waals surface area contributed by atoms with Crippen molar-refractivity contribution in [2.75, 3.05) is 0 Å². The highest BCUT2D eigenvalue weighted by molar-refractivity contribution is 5.85. The summed E-state index contributed by atoms with van der Waals surface area (Å²) in [6.07, 6.45) is 2.82. The van der Waals surface area contributed by atoms with E-state index in [2.05, 4.69) is 18.4 Å². The number of hydrogen-bond donors (Lipinski definition) is 1. The Bertz CT molecular complexity index is 400. The summed E-state index contributed by atoms with van der Waals surface area (Å²) in [5, 5.41) is 8.56. The first-order chi connectivity index (χ1) is 6.93. The predicted octanol–water partition coefficient (Wildman–Crippen LogP) is 2.78. The summed E-state index contributed by atoms with van der Waals surface area (Å²) in [4.78, 5) is 10.4.